The molecule has 0 aliphatic heterocycles. The smallest absolute Gasteiger partial charge is 0.230 e. The van der Waals surface area contributed by atoms with Gasteiger partial charge in [-0.3, -0.25) is 4.79 Å². The van der Waals surface area contributed by atoms with E-state index in [2.05, 4.69) is 50.4 Å². The first kappa shape index (κ1) is 15.6. The predicted molar refractivity (Wildman–Crippen MR) is 89.7 cm³/mol. The summed E-state index contributed by atoms with van der Waals surface area (Å²) in [7, 11) is 0. The normalized spacial score (nSPS) is 10.4. The largest absolute Gasteiger partial charge is 0.351 e. The third kappa shape index (κ3) is 4.64. The molecule has 0 saturated carbocycles. The number of carbonyl (C=O) groups is 1. The molecule has 1 N–H and O–H groups in total. The maximum absolute atomic E-state index is 12.0. The summed E-state index contributed by atoms with van der Waals surface area (Å²) in [4.78, 5) is 13.1. The summed E-state index contributed by atoms with van der Waals surface area (Å²) in [6, 6.07) is 14.4. The first-order chi connectivity index (χ1) is 10.1. The number of hydrogen-bond donors (Lipinski definition) is 1. The number of benzene rings is 2. The van der Waals surface area contributed by atoms with Crippen LogP contribution in [0.5, 0.6) is 0 Å². The molecule has 0 heterocycles. The Hall–Kier alpha value is -1.74. The van der Waals surface area contributed by atoms with Gasteiger partial charge in [0, 0.05) is 11.4 Å². The molecule has 1 amide bonds. The summed E-state index contributed by atoms with van der Waals surface area (Å²) in [6.45, 7) is 6.81. The second-order valence-electron chi connectivity index (χ2n) is 5.26. The molecule has 0 aliphatic carbocycles. The van der Waals surface area contributed by atoms with Gasteiger partial charge in [-0.05, 0) is 43.5 Å². The quantitative estimate of drug-likeness (QED) is 0.845. The number of aryl methyl sites for hydroxylation is 3. The second-order valence-corrected chi connectivity index (χ2v) is 6.28. The Bertz CT molecular complexity index is 637. The van der Waals surface area contributed by atoms with Crippen LogP contribution in [0, 0.1) is 20.8 Å². The third-order valence-corrected chi connectivity index (χ3v) is 4.60. The van der Waals surface area contributed by atoms with Crippen molar-refractivity contribution in [3.8, 4) is 0 Å². The van der Waals surface area contributed by atoms with Crippen molar-refractivity contribution < 1.29 is 4.79 Å². The highest BCUT2D eigenvalue weighted by Gasteiger charge is 2.06. The molecule has 0 saturated heterocycles. The predicted octanol–water partition coefficient (Wildman–Crippen LogP) is 4.02. The number of amides is 1. The van der Waals surface area contributed by atoms with Gasteiger partial charge in [0.25, 0.3) is 0 Å². The minimum Gasteiger partial charge on any atom is -0.351 e. The van der Waals surface area contributed by atoms with Crippen molar-refractivity contribution in [2.24, 2.45) is 0 Å². The molecule has 0 bridgehead atoms. The van der Waals surface area contributed by atoms with Gasteiger partial charge >= 0.3 is 0 Å². The highest BCUT2D eigenvalue weighted by Crippen LogP contribution is 2.23. The molecule has 110 valence electrons. The van der Waals surface area contributed by atoms with Gasteiger partial charge in [-0.1, -0.05) is 42.0 Å². The maximum atomic E-state index is 12.0. The van der Waals surface area contributed by atoms with E-state index in [-0.39, 0.29) is 5.91 Å². The van der Waals surface area contributed by atoms with Crippen LogP contribution in [0.4, 0.5) is 0 Å². The van der Waals surface area contributed by atoms with Gasteiger partial charge < -0.3 is 5.32 Å². The van der Waals surface area contributed by atoms with Gasteiger partial charge in [-0.25, -0.2) is 0 Å². The van der Waals surface area contributed by atoms with Crippen molar-refractivity contribution in [1.29, 1.82) is 0 Å². The van der Waals surface area contributed by atoms with Gasteiger partial charge in [-0.15, -0.1) is 11.8 Å². The zero-order chi connectivity index (χ0) is 15.2. The standard InChI is InChI=1S/C18H21NOS/c1-13-8-9-15(3)17(10-13)21-12-18(20)19-11-16-7-5-4-6-14(16)2/h4-10H,11-12H2,1-3H3,(H,19,20). The van der Waals surface area contributed by atoms with Crippen molar-refractivity contribution in [2.45, 2.75) is 32.2 Å². The molecule has 0 fully saturated rings. The first-order valence-corrected chi connectivity index (χ1v) is 8.06. The fraction of sp³-hybridized carbons (Fsp3) is 0.278. The number of hydrogen-bond acceptors (Lipinski definition) is 2. The second kappa shape index (κ2) is 7.32. The van der Waals surface area contributed by atoms with Crippen LogP contribution in [0.2, 0.25) is 0 Å². The Kier molecular flexibility index (Phi) is 5.45. The average Bonchev–Trinajstić information content (AvgIpc) is 2.47. The summed E-state index contributed by atoms with van der Waals surface area (Å²) >= 11 is 1.60. The Labute approximate surface area is 131 Å². The topological polar surface area (TPSA) is 29.1 Å². The van der Waals surface area contributed by atoms with Crippen molar-refractivity contribution in [3.05, 3.63) is 64.7 Å². The van der Waals surface area contributed by atoms with Gasteiger partial charge in [0.15, 0.2) is 0 Å². The van der Waals surface area contributed by atoms with Gasteiger partial charge in [0.1, 0.15) is 0 Å². The van der Waals surface area contributed by atoms with Crippen molar-refractivity contribution in [3.63, 3.8) is 0 Å². The van der Waals surface area contributed by atoms with Crippen LogP contribution in [0.25, 0.3) is 0 Å². The number of thioether (sulfide) groups is 1. The van der Waals surface area contributed by atoms with E-state index < -0.39 is 0 Å². The van der Waals surface area contributed by atoms with E-state index in [1.165, 1.54) is 27.1 Å². The maximum Gasteiger partial charge on any atom is 0.230 e. The van der Waals surface area contributed by atoms with E-state index in [4.69, 9.17) is 0 Å². The highest BCUT2D eigenvalue weighted by molar-refractivity contribution is 8.00. The van der Waals surface area contributed by atoms with E-state index in [1.54, 1.807) is 11.8 Å². The zero-order valence-corrected chi connectivity index (χ0v) is 13.6. The molecule has 0 spiro atoms. The third-order valence-electron chi connectivity index (χ3n) is 3.44. The summed E-state index contributed by atoms with van der Waals surface area (Å²) in [6.07, 6.45) is 0. The molecular formula is C18H21NOS. The Morgan fingerprint density at radius 3 is 2.57 bits per heavy atom. The molecule has 2 nitrogen and oxygen atoms in total. The van der Waals surface area contributed by atoms with Crippen LogP contribution < -0.4 is 5.32 Å². The van der Waals surface area contributed by atoms with E-state index >= 15 is 0 Å². The summed E-state index contributed by atoms with van der Waals surface area (Å²) in [5.74, 6) is 0.528. The molecule has 2 rings (SSSR count). The summed E-state index contributed by atoms with van der Waals surface area (Å²) in [5, 5.41) is 2.98. The summed E-state index contributed by atoms with van der Waals surface area (Å²) < 4.78 is 0. The van der Waals surface area contributed by atoms with Crippen molar-refractivity contribution in [1.82, 2.24) is 5.32 Å². The molecular weight excluding hydrogens is 278 g/mol. The zero-order valence-electron chi connectivity index (χ0n) is 12.8. The Morgan fingerprint density at radius 2 is 1.81 bits per heavy atom. The van der Waals surface area contributed by atoms with Gasteiger partial charge in [-0.2, -0.15) is 0 Å². The number of rotatable bonds is 5. The van der Waals surface area contributed by atoms with E-state index in [1.807, 2.05) is 18.2 Å². The van der Waals surface area contributed by atoms with Crippen LogP contribution >= 0.6 is 11.8 Å². The molecule has 0 aromatic heterocycles. The van der Waals surface area contributed by atoms with Crippen LogP contribution in [-0.2, 0) is 11.3 Å². The van der Waals surface area contributed by atoms with Crippen LogP contribution in [0.1, 0.15) is 22.3 Å². The lowest BCUT2D eigenvalue weighted by molar-refractivity contribution is -0.118. The SMILES string of the molecule is Cc1ccc(C)c(SCC(=O)NCc2ccccc2C)c1. The minimum absolute atomic E-state index is 0.0733. The minimum atomic E-state index is 0.0733. The molecule has 0 atom stereocenters. The van der Waals surface area contributed by atoms with Crippen molar-refractivity contribution >= 4 is 17.7 Å². The molecule has 3 heteroatoms. The van der Waals surface area contributed by atoms with E-state index in [9.17, 15) is 4.79 Å². The van der Waals surface area contributed by atoms with Crippen molar-refractivity contribution in [2.75, 3.05) is 5.75 Å². The number of carbonyl (C=O) groups excluding carboxylic acids is 1. The lowest BCUT2D eigenvalue weighted by Crippen LogP contribution is -2.24. The highest BCUT2D eigenvalue weighted by atomic mass is 32.2. The lowest BCUT2D eigenvalue weighted by Gasteiger charge is -2.09. The molecule has 2 aromatic carbocycles. The van der Waals surface area contributed by atoms with E-state index in [0.29, 0.717) is 12.3 Å². The van der Waals surface area contributed by atoms with Gasteiger partial charge in [0.2, 0.25) is 5.91 Å². The average molecular weight is 299 g/mol. The molecule has 0 aliphatic rings. The van der Waals surface area contributed by atoms with Crippen LogP contribution in [-0.4, -0.2) is 11.7 Å². The summed E-state index contributed by atoms with van der Waals surface area (Å²) in [5.41, 5.74) is 4.82. The monoisotopic (exact) mass is 299 g/mol. The molecule has 0 radical (unpaired) electrons. The van der Waals surface area contributed by atoms with Crippen LogP contribution in [0.3, 0.4) is 0 Å². The molecule has 0 unspecified atom stereocenters. The van der Waals surface area contributed by atoms with Crippen LogP contribution in [0.15, 0.2) is 47.4 Å². The molecule has 21 heavy (non-hydrogen) atoms. The Balaban J connectivity index is 1.85. The van der Waals surface area contributed by atoms with Gasteiger partial charge in [0.05, 0.1) is 5.75 Å². The fourth-order valence-electron chi connectivity index (χ4n) is 2.06. The van der Waals surface area contributed by atoms with E-state index in [0.717, 1.165) is 0 Å². The molecule has 2 aromatic rings. The lowest BCUT2D eigenvalue weighted by atomic mass is 10.1. The number of nitrogens with one attached hydrogen (secondary N) is 1. The Morgan fingerprint density at radius 1 is 1.05 bits per heavy atom. The first-order valence-electron chi connectivity index (χ1n) is 7.07. The fourth-order valence-corrected chi connectivity index (χ4v) is 3.01.